The van der Waals surface area contributed by atoms with Gasteiger partial charge in [-0.2, -0.15) is 0 Å². The Bertz CT molecular complexity index is 386. The minimum atomic E-state index is -2.87. The van der Waals surface area contributed by atoms with Crippen LogP contribution in [0.25, 0.3) is 0 Å². The molecule has 0 saturated carbocycles. The number of rotatable bonds is 2. The van der Waals surface area contributed by atoms with Crippen LogP contribution in [0.15, 0.2) is 6.20 Å². The highest BCUT2D eigenvalue weighted by Gasteiger charge is 2.23. The number of pyridine rings is 1. The van der Waals surface area contributed by atoms with Crippen molar-refractivity contribution in [2.45, 2.75) is 6.43 Å². The summed E-state index contributed by atoms with van der Waals surface area (Å²) in [5, 5.41) is -1.22. The molecule has 0 aliphatic heterocycles. The summed E-state index contributed by atoms with van der Waals surface area (Å²) < 4.78 is 25.3. The van der Waals surface area contributed by atoms with Gasteiger partial charge in [0.1, 0.15) is 5.69 Å². The van der Waals surface area contributed by atoms with Gasteiger partial charge in [-0.15, -0.1) is 0 Å². The fraction of sp³-hybridized carbons (Fsp3) is 0.143. The standard InChI is InChI=1S/C7H2Cl2F2INO/c8-4-2(12)1-13-5(6(9)14)3(4)7(10)11/h1,7H. The zero-order valence-corrected chi connectivity index (χ0v) is 10.1. The SMILES string of the molecule is O=C(Cl)c1ncc(I)c(Cl)c1C(F)F. The molecule has 14 heavy (non-hydrogen) atoms. The van der Waals surface area contributed by atoms with E-state index < -0.39 is 22.9 Å². The van der Waals surface area contributed by atoms with Crippen molar-refractivity contribution >= 4 is 51.0 Å². The highest BCUT2D eigenvalue weighted by molar-refractivity contribution is 14.1. The minimum absolute atomic E-state index is 0.181. The van der Waals surface area contributed by atoms with Gasteiger partial charge in [-0.25, -0.2) is 8.78 Å². The van der Waals surface area contributed by atoms with Gasteiger partial charge in [0, 0.05) is 6.20 Å². The zero-order valence-electron chi connectivity index (χ0n) is 6.40. The molecule has 0 atom stereocenters. The van der Waals surface area contributed by atoms with Crippen LogP contribution in [-0.4, -0.2) is 10.2 Å². The zero-order chi connectivity index (χ0) is 10.9. The molecule has 0 saturated heterocycles. The molecule has 0 aliphatic carbocycles. The van der Waals surface area contributed by atoms with Gasteiger partial charge in [0.05, 0.1) is 14.2 Å². The van der Waals surface area contributed by atoms with Crippen LogP contribution in [0, 0.1) is 3.57 Å². The maximum absolute atomic E-state index is 12.5. The van der Waals surface area contributed by atoms with Gasteiger partial charge < -0.3 is 0 Å². The highest BCUT2D eigenvalue weighted by atomic mass is 127. The van der Waals surface area contributed by atoms with Crippen molar-refractivity contribution in [1.29, 1.82) is 0 Å². The molecule has 0 spiro atoms. The second-order valence-electron chi connectivity index (χ2n) is 2.26. The van der Waals surface area contributed by atoms with Crippen molar-refractivity contribution in [3.8, 4) is 0 Å². The quantitative estimate of drug-likeness (QED) is 0.601. The van der Waals surface area contributed by atoms with E-state index in [2.05, 4.69) is 4.98 Å². The van der Waals surface area contributed by atoms with Crippen LogP contribution in [0.4, 0.5) is 8.78 Å². The lowest BCUT2D eigenvalue weighted by atomic mass is 10.2. The van der Waals surface area contributed by atoms with Gasteiger partial charge in [0.15, 0.2) is 0 Å². The first-order valence-corrected chi connectivity index (χ1v) is 5.10. The Morgan fingerprint density at radius 1 is 1.57 bits per heavy atom. The van der Waals surface area contributed by atoms with Crippen LogP contribution in [-0.2, 0) is 0 Å². The number of aromatic nitrogens is 1. The summed E-state index contributed by atoms with van der Waals surface area (Å²) in [6.45, 7) is 0. The average molecular weight is 352 g/mol. The average Bonchev–Trinajstić information content (AvgIpc) is 2.08. The summed E-state index contributed by atoms with van der Waals surface area (Å²) in [5.74, 6) is 0. The van der Waals surface area contributed by atoms with E-state index in [1.165, 1.54) is 6.20 Å². The maximum Gasteiger partial charge on any atom is 0.271 e. The second-order valence-corrected chi connectivity index (χ2v) is 4.14. The molecule has 0 N–H and O–H groups in total. The smallest absolute Gasteiger partial charge is 0.271 e. The summed E-state index contributed by atoms with van der Waals surface area (Å²) in [6.07, 6.45) is -1.66. The van der Waals surface area contributed by atoms with Gasteiger partial charge in [0.25, 0.3) is 11.7 Å². The Balaban J connectivity index is 3.45. The van der Waals surface area contributed by atoms with Gasteiger partial charge in [-0.05, 0) is 34.2 Å². The molecule has 1 heterocycles. The molecule has 0 radical (unpaired) electrons. The first-order valence-electron chi connectivity index (χ1n) is 3.27. The maximum atomic E-state index is 12.5. The molecule has 0 unspecified atom stereocenters. The van der Waals surface area contributed by atoms with Gasteiger partial charge in [0.2, 0.25) is 0 Å². The third-order valence-electron chi connectivity index (χ3n) is 1.41. The summed E-state index contributed by atoms with van der Waals surface area (Å²) in [5.41, 5.74) is -1.11. The molecule has 7 heteroatoms. The summed E-state index contributed by atoms with van der Waals surface area (Å²) in [4.78, 5) is 14.2. The van der Waals surface area contributed by atoms with Crippen LogP contribution in [0.1, 0.15) is 22.5 Å². The minimum Gasteiger partial charge on any atom is -0.274 e. The monoisotopic (exact) mass is 351 g/mol. The lowest BCUT2D eigenvalue weighted by molar-refractivity contribution is 0.106. The highest BCUT2D eigenvalue weighted by Crippen LogP contribution is 2.32. The number of hydrogen-bond donors (Lipinski definition) is 0. The summed E-state index contributed by atoms with van der Waals surface area (Å²) >= 11 is 12.4. The summed E-state index contributed by atoms with van der Waals surface area (Å²) in [6, 6.07) is 0. The molecule has 1 aromatic rings. The van der Waals surface area contributed by atoms with Crippen LogP contribution in [0.5, 0.6) is 0 Å². The Morgan fingerprint density at radius 2 is 2.14 bits per heavy atom. The molecule has 0 amide bonds. The van der Waals surface area contributed by atoms with E-state index in [4.69, 9.17) is 23.2 Å². The largest absolute Gasteiger partial charge is 0.274 e. The molecular formula is C7H2Cl2F2INO. The number of hydrogen-bond acceptors (Lipinski definition) is 2. The Hall–Kier alpha value is -0.0100. The Kier molecular flexibility index (Phi) is 4.03. The van der Waals surface area contributed by atoms with E-state index >= 15 is 0 Å². The first kappa shape index (κ1) is 12.1. The molecule has 0 aliphatic rings. The van der Waals surface area contributed by atoms with Crippen LogP contribution < -0.4 is 0 Å². The van der Waals surface area contributed by atoms with E-state index in [-0.39, 0.29) is 5.02 Å². The molecule has 1 rings (SSSR count). The van der Waals surface area contributed by atoms with E-state index in [0.29, 0.717) is 3.57 Å². The number of carbonyl (C=O) groups is 1. The van der Waals surface area contributed by atoms with Crippen molar-refractivity contribution in [2.24, 2.45) is 0 Å². The van der Waals surface area contributed by atoms with E-state index in [9.17, 15) is 13.6 Å². The lowest BCUT2D eigenvalue weighted by Gasteiger charge is -2.07. The molecule has 0 bridgehead atoms. The van der Waals surface area contributed by atoms with Crippen molar-refractivity contribution in [3.05, 3.63) is 26.0 Å². The molecule has 76 valence electrons. The van der Waals surface area contributed by atoms with Crippen molar-refractivity contribution in [3.63, 3.8) is 0 Å². The Morgan fingerprint density at radius 3 is 2.57 bits per heavy atom. The van der Waals surface area contributed by atoms with Crippen LogP contribution in [0.3, 0.4) is 0 Å². The summed E-state index contributed by atoms with van der Waals surface area (Å²) in [7, 11) is 0. The Labute approximate surface area is 102 Å². The fourth-order valence-corrected chi connectivity index (χ4v) is 1.64. The van der Waals surface area contributed by atoms with E-state index in [0.717, 1.165) is 0 Å². The third kappa shape index (κ3) is 2.32. The topological polar surface area (TPSA) is 30.0 Å². The van der Waals surface area contributed by atoms with Crippen LogP contribution in [0.2, 0.25) is 5.02 Å². The van der Waals surface area contributed by atoms with Crippen molar-refractivity contribution < 1.29 is 13.6 Å². The lowest BCUT2D eigenvalue weighted by Crippen LogP contribution is -2.04. The molecule has 0 aromatic carbocycles. The number of alkyl halides is 2. The van der Waals surface area contributed by atoms with E-state index in [1.54, 1.807) is 22.6 Å². The van der Waals surface area contributed by atoms with Gasteiger partial charge >= 0.3 is 0 Å². The fourth-order valence-electron chi connectivity index (χ4n) is 0.836. The van der Waals surface area contributed by atoms with Crippen molar-refractivity contribution in [2.75, 3.05) is 0 Å². The van der Waals surface area contributed by atoms with Gasteiger partial charge in [-0.3, -0.25) is 9.78 Å². The molecule has 2 nitrogen and oxygen atoms in total. The normalized spacial score (nSPS) is 10.7. The number of nitrogens with zero attached hydrogens (tertiary/aromatic N) is 1. The van der Waals surface area contributed by atoms with Gasteiger partial charge in [-0.1, -0.05) is 11.6 Å². The van der Waals surface area contributed by atoms with Crippen molar-refractivity contribution in [1.82, 2.24) is 4.98 Å². The number of halogens is 5. The number of carbonyl (C=O) groups excluding carboxylic acids is 1. The second kappa shape index (κ2) is 4.67. The molecule has 0 fully saturated rings. The molecule has 1 aromatic heterocycles. The van der Waals surface area contributed by atoms with Crippen LogP contribution >= 0.6 is 45.8 Å². The predicted molar refractivity (Wildman–Crippen MR) is 57.1 cm³/mol. The first-order chi connectivity index (χ1) is 6.45. The third-order valence-corrected chi connectivity index (χ3v) is 3.14. The van der Waals surface area contributed by atoms with E-state index in [1.807, 2.05) is 0 Å². The predicted octanol–water partition coefficient (Wildman–Crippen LogP) is 3.66. The molecular weight excluding hydrogens is 350 g/mol.